The third kappa shape index (κ3) is 7.48. The first kappa shape index (κ1) is 27.4. The maximum Gasteiger partial charge on any atom is 0.119 e. The van der Waals surface area contributed by atoms with E-state index in [1.54, 1.807) is 13.2 Å². The van der Waals surface area contributed by atoms with E-state index in [0.29, 0.717) is 11.7 Å². The number of aryl methyl sites for hydroxylation is 1. The largest absolute Gasteiger partial charge is 0.508 e. The molecule has 2 atom stereocenters. The fourth-order valence-corrected chi connectivity index (χ4v) is 6.19. The number of nitrogens with one attached hydrogen (secondary N) is 1. The maximum absolute atomic E-state index is 9.88. The first-order valence-corrected chi connectivity index (χ1v) is 14.8. The highest BCUT2D eigenvalue weighted by Gasteiger charge is 2.24. The molecule has 208 valence electrons. The fraction of sp³-hybridized carbons (Fsp3) is 0.471. The lowest BCUT2D eigenvalue weighted by molar-refractivity contribution is 0.214. The first-order chi connectivity index (χ1) is 19.1. The molecule has 1 saturated heterocycles. The molecule has 0 spiro atoms. The molecule has 1 fully saturated rings. The van der Waals surface area contributed by atoms with Crippen molar-refractivity contribution in [1.82, 2.24) is 4.90 Å². The molecule has 0 bridgehead atoms. The molecule has 2 unspecified atom stereocenters. The summed E-state index contributed by atoms with van der Waals surface area (Å²) in [6.45, 7) is 6.44. The average Bonchev–Trinajstić information content (AvgIpc) is 3.23. The zero-order chi connectivity index (χ0) is 27.0. The number of hydrogen-bond acceptors (Lipinski definition) is 5. The number of benzene rings is 3. The number of phenolic OH excluding ortho intramolecular Hbond substituents is 1. The summed E-state index contributed by atoms with van der Waals surface area (Å²) in [5, 5.41) is 13.7. The molecule has 0 saturated carbocycles. The minimum atomic E-state index is 0.278. The van der Waals surface area contributed by atoms with Gasteiger partial charge in [0, 0.05) is 18.3 Å². The highest BCUT2D eigenvalue weighted by Crippen LogP contribution is 2.39. The first-order valence-electron chi connectivity index (χ1n) is 14.8. The summed E-state index contributed by atoms with van der Waals surface area (Å²) in [5.41, 5.74) is 6.40. The van der Waals surface area contributed by atoms with E-state index in [9.17, 15) is 5.11 Å². The number of likely N-dealkylation sites (tertiary alicyclic amines) is 1. The molecule has 0 aromatic heterocycles. The molecule has 2 aliphatic rings. The van der Waals surface area contributed by atoms with Crippen molar-refractivity contribution in [3.63, 3.8) is 0 Å². The molecule has 3 aromatic carbocycles. The standard InChI is InChI=1S/C34H44N2O3/c1-25(21-26-7-13-31(14-8-26)39-20-19-36-17-5-3-4-6-18-36)35-34-16-15-32(38-2)24-33(34)29-10-9-28-23-30(37)12-11-27(28)22-29/h7-8,11-16,23-25,29,35,37H,3-6,9-10,17-22H2,1-2H3. The van der Waals surface area contributed by atoms with Crippen LogP contribution in [0.15, 0.2) is 60.7 Å². The summed E-state index contributed by atoms with van der Waals surface area (Å²) in [6.07, 6.45) is 9.33. The molecule has 1 heterocycles. The molecule has 1 aliphatic heterocycles. The second-order valence-electron chi connectivity index (χ2n) is 11.3. The fourth-order valence-electron chi connectivity index (χ4n) is 6.19. The lowest BCUT2D eigenvalue weighted by atomic mass is 9.79. The Balaban J connectivity index is 1.18. The molecular weight excluding hydrogens is 484 g/mol. The van der Waals surface area contributed by atoms with Gasteiger partial charge in [0.05, 0.1) is 7.11 Å². The molecule has 5 rings (SSSR count). The number of nitrogens with zero attached hydrogens (tertiary/aromatic N) is 1. The molecule has 3 aromatic rings. The Morgan fingerprint density at radius 3 is 2.46 bits per heavy atom. The van der Waals surface area contributed by atoms with Crippen molar-refractivity contribution < 1.29 is 14.6 Å². The lowest BCUT2D eigenvalue weighted by Gasteiger charge is -2.28. The SMILES string of the molecule is COc1ccc(NC(C)Cc2ccc(OCCN3CCCCCC3)cc2)c(C2CCc3cc(O)ccc3C2)c1. The van der Waals surface area contributed by atoms with E-state index in [1.165, 1.54) is 66.7 Å². The van der Waals surface area contributed by atoms with Crippen LogP contribution >= 0.6 is 0 Å². The Morgan fingerprint density at radius 1 is 0.923 bits per heavy atom. The highest BCUT2D eigenvalue weighted by molar-refractivity contribution is 5.57. The molecule has 0 radical (unpaired) electrons. The van der Waals surface area contributed by atoms with E-state index in [4.69, 9.17) is 9.47 Å². The topological polar surface area (TPSA) is 54.0 Å². The van der Waals surface area contributed by atoms with Crippen molar-refractivity contribution in [2.45, 2.75) is 70.3 Å². The van der Waals surface area contributed by atoms with E-state index >= 15 is 0 Å². The minimum absolute atomic E-state index is 0.278. The van der Waals surface area contributed by atoms with Crippen LogP contribution in [-0.4, -0.2) is 49.4 Å². The van der Waals surface area contributed by atoms with Gasteiger partial charge < -0.3 is 19.9 Å². The molecule has 1 aliphatic carbocycles. The third-order valence-electron chi connectivity index (χ3n) is 8.36. The zero-order valence-corrected chi connectivity index (χ0v) is 23.6. The second kappa shape index (κ2) is 13.3. The lowest BCUT2D eigenvalue weighted by Crippen LogP contribution is -2.29. The van der Waals surface area contributed by atoms with Gasteiger partial charge in [-0.1, -0.05) is 31.0 Å². The van der Waals surface area contributed by atoms with Gasteiger partial charge >= 0.3 is 0 Å². The number of ether oxygens (including phenoxy) is 2. The van der Waals surface area contributed by atoms with Gasteiger partial charge in [-0.2, -0.15) is 0 Å². The summed E-state index contributed by atoms with van der Waals surface area (Å²) < 4.78 is 11.6. The highest BCUT2D eigenvalue weighted by atomic mass is 16.5. The number of methoxy groups -OCH3 is 1. The number of hydrogen-bond donors (Lipinski definition) is 2. The predicted octanol–water partition coefficient (Wildman–Crippen LogP) is 6.97. The van der Waals surface area contributed by atoms with Crippen LogP contribution in [0.5, 0.6) is 17.2 Å². The van der Waals surface area contributed by atoms with Gasteiger partial charge in [-0.05, 0) is 129 Å². The Kier molecular flexibility index (Phi) is 9.31. The number of rotatable bonds is 10. The third-order valence-corrected chi connectivity index (χ3v) is 8.36. The monoisotopic (exact) mass is 528 g/mol. The Hall–Kier alpha value is -3.18. The Bertz CT molecular complexity index is 1200. The van der Waals surface area contributed by atoms with Crippen molar-refractivity contribution in [2.75, 3.05) is 38.7 Å². The van der Waals surface area contributed by atoms with Gasteiger partial charge in [0.2, 0.25) is 0 Å². The van der Waals surface area contributed by atoms with Gasteiger partial charge in [0.15, 0.2) is 0 Å². The van der Waals surface area contributed by atoms with E-state index in [0.717, 1.165) is 50.3 Å². The van der Waals surface area contributed by atoms with Crippen molar-refractivity contribution in [2.24, 2.45) is 0 Å². The number of anilines is 1. The van der Waals surface area contributed by atoms with E-state index < -0.39 is 0 Å². The van der Waals surface area contributed by atoms with Crippen LogP contribution in [0.1, 0.15) is 67.2 Å². The van der Waals surface area contributed by atoms with Crippen molar-refractivity contribution >= 4 is 5.69 Å². The van der Waals surface area contributed by atoms with Gasteiger partial charge in [-0.25, -0.2) is 0 Å². The number of phenols is 1. The second-order valence-corrected chi connectivity index (χ2v) is 11.3. The summed E-state index contributed by atoms with van der Waals surface area (Å²) >= 11 is 0. The molecule has 0 amide bonds. The van der Waals surface area contributed by atoms with E-state index in [1.807, 2.05) is 12.1 Å². The number of aromatic hydroxyl groups is 1. The Labute approximate surface area is 234 Å². The van der Waals surface area contributed by atoms with Crippen molar-refractivity contribution in [3.8, 4) is 17.2 Å². The molecule has 2 N–H and O–H groups in total. The molecule has 5 nitrogen and oxygen atoms in total. The van der Waals surface area contributed by atoms with Crippen LogP contribution in [0.3, 0.4) is 0 Å². The Morgan fingerprint density at radius 2 is 1.69 bits per heavy atom. The predicted molar refractivity (Wildman–Crippen MR) is 160 cm³/mol. The summed E-state index contributed by atoms with van der Waals surface area (Å²) in [7, 11) is 1.73. The minimum Gasteiger partial charge on any atom is -0.508 e. The van der Waals surface area contributed by atoms with Gasteiger partial charge in [0.1, 0.15) is 23.9 Å². The van der Waals surface area contributed by atoms with Crippen LogP contribution in [0.4, 0.5) is 5.69 Å². The summed E-state index contributed by atoms with van der Waals surface area (Å²) in [5.74, 6) is 2.62. The average molecular weight is 529 g/mol. The van der Waals surface area contributed by atoms with Gasteiger partial charge in [0.25, 0.3) is 0 Å². The van der Waals surface area contributed by atoms with Crippen LogP contribution in [-0.2, 0) is 19.3 Å². The molecule has 39 heavy (non-hydrogen) atoms. The van der Waals surface area contributed by atoms with Crippen molar-refractivity contribution in [1.29, 1.82) is 0 Å². The van der Waals surface area contributed by atoms with E-state index in [-0.39, 0.29) is 6.04 Å². The van der Waals surface area contributed by atoms with Gasteiger partial charge in [-0.3, -0.25) is 4.90 Å². The van der Waals surface area contributed by atoms with Crippen LogP contribution in [0.25, 0.3) is 0 Å². The zero-order valence-electron chi connectivity index (χ0n) is 23.6. The maximum atomic E-state index is 9.88. The van der Waals surface area contributed by atoms with Crippen LogP contribution in [0, 0.1) is 0 Å². The van der Waals surface area contributed by atoms with Gasteiger partial charge in [-0.15, -0.1) is 0 Å². The van der Waals surface area contributed by atoms with E-state index in [2.05, 4.69) is 59.6 Å². The summed E-state index contributed by atoms with van der Waals surface area (Å²) in [4.78, 5) is 2.54. The smallest absolute Gasteiger partial charge is 0.119 e. The van der Waals surface area contributed by atoms with Crippen LogP contribution in [0.2, 0.25) is 0 Å². The summed E-state index contributed by atoms with van der Waals surface area (Å²) in [6, 6.07) is 21.1. The molecule has 5 heteroatoms. The molecular formula is C34H44N2O3. The van der Waals surface area contributed by atoms with Crippen LogP contribution < -0.4 is 14.8 Å². The van der Waals surface area contributed by atoms with Crippen molar-refractivity contribution in [3.05, 3.63) is 82.9 Å². The normalized spacial score (nSPS) is 18.6. The number of fused-ring (bicyclic) bond motifs is 1. The quantitative estimate of drug-likeness (QED) is 0.298.